The van der Waals surface area contributed by atoms with Crippen LogP contribution in [0.4, 0.5) is 0 Å². The van der Waals surface area contributed by atoms with E-state index in [0.717, 1.165) is 57.4 Å². The van der Waals surface area contributed by atoms with Crippen LogP contribution in [0.2, 0.25) is 0 Å². The van der Waals surface area contributed by atoms with Gasteiger partial charge in [-0.1, -0.05) is 18.2 Å². The Hall–Kier alpha value is -1.10. The lowest BCUT2D eigenvalue weighted by molar-refractivity contribution is -0.0154. The van der Waals surface area contributed by atoms with Gasteiger partial charge in [-0.3, -0.25) is 0 Å². The van der Waals surface area contributed by atoms with Crippen LogP contribution in [0, 0.1) is 11.3 Å². The summed E-state index contributed by atoms with van der Waals surface area (Å²) in [6, 6.07) is 8.25. The van der Waals surface area contributed by atoms with E-state index in [1.165, 1.54) is 18.4 Å². The highest BCUT2D eigenvalue weighted by Crippen LogP contribution is 2.31. The van der Waals surface area contributed by atoms with Gasteiger partial charge in [0, 0.05) is 37.3 Å². The molecule has 4 heteroatoms. The van der Waals surface area contributed by atoms with E-state index in [4.69, 9.17) is 9.47 Å². The van der Waals surface area contributed by atoms with Crippen molar-refractivity contribution in [1.29, 1.82) is 0 Å². The minimum atomic E-state index is -0.0257. The highest BCUT2D eigenvalue weighted by atomic mass is 16.5. The molecule has 2 N–H and O–H groups in total. The van der Waals surface area contributed by atoms with Gasteiger partial charge in [-0.15, -0.1) is 0 Å². The standard InChI is InChI=1S/C18H27NO3/c20-14-18(7-9-21-10-8-18)13-19-11-16-3-1-2-4-17(16)22-12-15-5-6-15/h1-4,15,19-20H,5-14H2. The molecule has 1 aliphatic carbocycles. The summed E-state index contributed by atoms with van der Waals surface area (Å²) >= 11 is 0. The predicted octanol–water partition coefficient (Wildman–Crippen LogP) is 2.35. The van der Waals surface area contributed by atoms with Crippen molar-refractivity contribution in [3.8, 4) is 5.75 Å². The number of benzene rings is 1. The zero-order chi connectivity index (χ0) is 15.3. The van der Waals surface area contributed by atoms with E-state index in [-0.39, 0.29) is 12.0 Å². The predicted molar refractivity (Wildman–Crippen MR) is 85.9 cm³/mol. The molecule has 2 fully saturated rings. The minimum absolute atomic E-state index is 0.0257. The molecule has 0 unspecified atom stereocenters. The number of aliphatic hydroxyl groups is 1. The molecule has 122 valence electrons. The first kappa shape index (κ1) is 15.8. The van der Waals surface area contributed by atoms with Gasteiger partial charge in [0.05, 0.1) is 13.2 Å². The summed E-state index contributed by atoms with van der Waals surface area (Å²) in [7, 11) is 0. The highest BCUT2D eigenvalue weighted by Gasteiger charge is 2.31. The Bertz CT molecular complexity index is 467. The fourth-order valence-corrected chi connectivity index (χ4v) is 2.94. The topological polar surface area (TPSA) is 50.7 Å². The molecule has 0 amide bonds. The molecule has 22 heavy (non-hydrogen) atoms. The molecular weight excluding hydrogens is 278 g/mol. The van der Waals surface area contributed by atoms with E-state index in [1.807, 2.05) is 6.07 Å². The summed E-state index contributed by atoms with van der Waals surface area (Å²) in [6.07, 6.45) is 4.47. The Morgan fingerprint density at radius 3 is 2.73 bits per heavy atom. The summed E-state index contributed by atoms with van der Waals surface area (Å²) in [5, 5.41) is 13.2. The van der Waals surface area contributed by atoms with Gasteiger partial charge in [0.25, 0.3) is 0 Å². The molecule has 0 atom stereocenters. The molecule has 0 spiro atoms. The van der Waals surface area contributed by atoms with E-state index in [0.29, 0.717) is 0 Å². The summed E-state index contributed by atoms with van der Waals surface area (Å²) in [4.78, 5) is 0. The van der Waals surface area contributed by atoms with Crippen LogP contribution in [0.5, 0.6) is 5.75 Å². The molecule has 4 nitrogen and oxygen atoms in total. The normalized spacial score (nSPS) is 20.8. The number of hydrogen-bond acceptors (Lipinski definition) is 4. The average molecular weight is 305 g/mol. The molecule has 0 aromatic heterocycles. The fourth-order valence-electron chi connectivity index (χ4n) is 2.94. The van der Waals surface area contributed by atoms with E-state index in [9.17, 15) is 5.11 Å². The van der Waals surface area contributed by atoms with Gasteiger partial charge in [0.1, 0.15) is 5.75 Å². The van der Waals surface area contributed by atoms with Crippen LogP contribution in [0.25, 0.3) is 0 Å². The van der Waals surface area contributed by atoms with Crippen molar-refractivity contribution >= 4 is 0 Å². The summed E-state index contributed by atoms with van der Waals surface area (Å²) in [5.41, 5.74) is 1.17. The van der Waals surface area contributed by atoms with Crippen LogP contribution in [-0.4, -0.2) is 38.1 Å². The second-order valence-electron chi connectivity index (χ2n) is 6.74. The van der Waals surface area contributed by atoms with Crippen molar-refractivity contribution in [3.05, 3.63) is 29.8 Å². The molecule has 2 aliphatic rings. The lowest BCUT2D eigenvalue weighted by atomic mass is 9.81. The van der Waals surface area contributed by atoms with Crippen molar-refractivity contribution in [2.45, 2.75) is 32.2 Å². The number of rotatable bonds is 8. The number of ether oxygens (including phenoxy) is 2. The molecule has 1 heterocycles. The fraction of sp³-hybridized carbons (Fsp3) is 0.667. The largest absolute Gasteiger partial charge is 0.493 e. The minimum Gasteiger partial charge on any atom is -0.493 e. The van der Waals surface area contributed by atoms with Gasteiger partial charge in [0.15, 0.2) is 0 Å². The zero-order valence-corrected chi connectivity index (χ0v) is 13.2. The quantitative estimate of drug-likeness (QED) is 0.774. The van der Waals surface area contributed by atoms with Gasteiger partial charge in [-0.05, 0) is 37.7 Å². The summed E-state index contributed by atoms with van der Waals surface area (Å²) in [5.74, 6) is 1.76. The maximum Gasteiger partial charge on any atom is 0.123 e. The third kappa shape index (κ3) is 4.22. The molecule has 0 bridgehead atoms. The van der Waals surface area contributed by atoms with Gasteiger partial charge in [-0.25, -0.2) is 0 Å². The van der Waals surface area contributed by atoms with Crippen molar-refractivity contribution in [3.63, 3.8) is 0 Å². The third-order valence-corrected chi connectivity index (χ3v) is 4.85. The average Bonchev–Trinajstić information content (AvgIpc) is 3.39. The molecule has 1 saturated heterocycles. The Balaban J connectivity index is 1.51. The second-order valence-corrected chi connectivity index (χ2v) is 6.74. The van der Waals surface area contributed by atoms with Crippen molar-refractivity contribution in [1.82, 2.24) is 5.32 Å². The zero-order valence-electron chi connectivity index (χ0n) is 13.2. The lowest BCUT2D eigenvalue weighted by Gasteiger charge is -2.35. The molecular formula is C18H27NO3. The van der Waals surface area contributed by atoms with Crippen LogP contribution in [0.3, 0.4) is 0 Å². The summed E-state index contributed by atoms with van der Waals surface area (Å²) in [6.45, 7) is 4.18. The summed E-state index contributed by atoms with van der Waals surface area (Å²) < 4.78 is 11.4. The molecule has 0 radical (unpaired) electrons. The van der Waals surface area contributed by atoms with E-state index >= 15 is 0 Å². The third-order valence-electron chi connectivity index (χ3n) is 4.85. The lowest BCUT2D eigenvalue weighted by Crippen LogP contribution is -2.41. The van der Waals surface area contributed by atoms with Crippen LogP contribution in [-0.2, 0) is 11.3 Å². The Morgan fingerprint density at radius 2 is 2.00 bits per heavy atom. The van der Waals surface area contributed by atoms with E-state index < -0.39 is 0 Å². The maximum atomic E-state index is 9.73. The van der Waals surface area contributed by atoms with Gasteiger partial charge >= 0.3 is 0 Å². The van der Waals surface area contributed by atoms with Crippen LogP contribution in [0.15, 0.2) is 24.3 Å². The SMILES string of the molecule is OCC1(CNCc2ccccc2OCC2CC2)CCOCC1. The first-order chi connectivity index (χ1) is 10.8. The van der Waals surface area contributed by atoms with Crippen LogP contribution in [0.1, 0.15) is 31.2 Å². The molecule has 1 aliphatic heterocycles. The number of nitrogens with one attached hydrogen (secondary N) is 1. The van der Waals surface area contributed by atoms with Gasteiger partial charge in [-0.2, -0.15) is 0 Å². The Kier molecular flexibility index (Phi) is 5.34. The van der Waals surface area contributed by atoms with Crippen LogP contribution < -0.4 is 10.1 Å². The first-order valence-corrected chi connectivity index (χ1v) is 8.41. The number of para-hydroxylation sites is 1. The molecule has 3 rings (SSSR count). The highest BCUT2D eigenvalue weighted by molar-refractivity contribution is 5.33. The smallest absolute Gasteiger partial charge is 0.123 e. The first-order valence-electron chi connectivity index (χ1n) is 8.41. The second kappa shape index (κ2) is 7.44. The van der Waals surface area contributed by atoms with Crippen molar-refractivity contribution in [2.24, 2.45) is 11.3 Å². The van der Waals surface area contributed by atoms with Gasteiger partial charge < -0.3 is 19.9 Å². The molecule has 1 aromatic carbocycles. The number of hydrogen-bond donors (Lipinski definition) is 2. The van der Waals surface area contributed by atoms with Crippen LogP contribution >= 0.6 is 0 Å². The van der Waals surface area contributed by atoms with E-state index in [1.54, 1.807) is 0 Å². The monoisotopic (exact) mass is 305 g/mol. The van der Waals surface area contributed by atoms with Crippen molar-refractivity contribution in [2.75, 3.05) is 33.0 Å². The number of aliphatic hydroxyl groups excluding tert-OH is 1. The van der Waals surface area contributed by atoms with Gasteiger partial charge in [0.2, 0.25) is 0 Å². The van der Waals surface area contributed by atoms with Crippen molar-refractivity contribution < 1.29 is 14.6 Å². The Morgan fingerprint density at radius 1 is 1.23 bits per heavy atom. The molecule has 1 saturated carbocycles. The maximum absolute atomic E-state index is 9.73. The Labute approximate surface area is 132 Å². The van der Waals surface area contributed by atoms with E-state index in [2.05, 4.69) is 23.5 Å². The molecule has 1 aromatic rings.